The fraction of sp³-hybridized carbons (Fsp3) is 0.146. The van der Waals surface area contributed by atoms with Gasteiger partial charge in [-0.3, -0.25) is 0 Å². The lowest BCUT2D eigenvalue weighted by molar-refractivity contribution is -0.779. The number of nitrogens with zero attached hydrogens (tertiary/aromatic N) is 7. The second kappa shape index (κ2) is 12.8. The molecule has 49 heavy (non-hydrogen) atoms. The van der Waals surface area contributed by atoms with Gasteiger partial charge in [-0.1, -0.05) is 153 Å². The topological polar surface area (TPSA) is 80.6 Å². The number of aromatic amines is 1. The summed E-state index contributed by atoms with van der Waals surface area (Å²) in [5.74, 6) is 1.76. The van der Waals surface area contributed by atoms with E-state index in [-0.39, 0.29) is 0 Å². The van der Waals surface area contributed by atoms with Crippen molar-refractivity contribution in [3.8, 4) is 22.5 Å². The van der Waals surface area contributed by atoms with E-state index in [0.29, 0.717) is 0 Å². The third-order valence-corrected chi connectivity index (χ3v) is 9.46. The maximum Gasteiger partial charge on any atom is 0.334 e. The van der Waals surface area contributed by atoms with Gasteiger partial charge >= 0.3 is 5.82 Å². The molecule has 240 valence electrons. The molecule has 0 amide bonds. The Morgan fingerprint density at radius 1 is 0.653 bits per heavy atom. The predicted octanol–water partition coefficient (Wildman–Crippen LogP) is 7.28. The molecule has 8 nitrogen and oxygen atoms in total. The molecule has 0 aliphatic rings. The number of hydrogen-bond acceptors (Lipinski definition) is 4. The van der Waals surface area contributed by atoms with Gasteiger partial charge in [0.25, 0.3) is 0 Å². The minimum absolute atomic E-state index is 0.727. The minimum atomic E-state index is -0.780. The van der Waals surface area contributed by atoms with Crippen molar-refractivity contribution in [2.45, 2.75) is 38.8 Å². The molecule has 8 heteroatoms. The van der Waals surface area contributed by atoms with Crippen LogP contribution in [-0.4, -0.2) is 34.9 Å². The Hall–Kier alpha value is -6.15. The van der Waals surface area contributed by atoms with Crippen molar-refractivity contribution in [3.05, 3.63) is 179 Å². The molecular formula is C41H37N8+. The third-order valence-electron chi connectivity index (χ3n) is 9.46. The summed E-state index contributed by atoms with van der Waals surface area (Å²) in [6.45, 7) is 5.03. The standard InChI is InChI=1S/C41H36N8/c1-3-31-28-42-49-40(31)47(38(4-2)44-49)29-30-24-26-32(27-25-30)36-22-14-15-23-37(36)39-43-45-46-48(39)41(33-16-8-5-9-17-33,34-18-10-6-11-19-34)35-20-12-7-13-21-35/h5-28H,3-4,29H2,1-2H3/p+1. The van der Waals surface area contributed by atoms with Crippen LogP contribution >= 0.6 is 0 Å². The summed E-state index contributed by atoms with van der Waals surface area (Å²) in [5.41, 5.74) is 9.13. The van der Waals surface area contributed by atoms with Gasteiger partial charge in [0.1, 0.15) is 10.9 Å². The highest BCUT2D eigenvalue weighted by atomic mass is 15.6. The van der Waals surface area contributed by atoms with Crippen LogP contribution in [0.3, 0.4) is 0 Å². The number of H-pyrrole nitrogens is 1. The highest BCUT2D eigenvalue weighted by molar-refractivity contribution is 5.79. The number of fused-ring (bicyclic) bond motifs is 1. The zero-order valence-corrected chi connectivity index (χ0v) is 27.6. The van der Waals surface area contributed by atoms with E-state index in [4.69, 9.17) is 10.2 Å². The minimum Gasteiger partial charge on any atom is -0.307 e. The van der Waals surface area contributed by atoms with Gasteiger partial charge in [0.15, 0.2) is 16.4 Å². The Morgan fingerprint density at radius 3 is 1.80 bits per heavy atom. The van der Waals surface area contributed by atoms with Gasteiger partial charge < -0.3 is 4.57 Å². The molecule has 0 radical (unpaired) electrons. The van der Waals surface area contributed by atoms with Crippen molar-refractivity contribution < 1.29 is 4.68 Å². The Balaban J connectivity index is 1.25. The summed E-state index contributed by atoms with van der Waals surface area (Å²) < 4.78 is 6.19. The molecule has 3 heterocycles. The van der Waals surface area contributed by atoms with Crippen molar-refractivity contribution in [1.82, 2.24) is 34.9 Å². The summed E-state index contributed by atoms with van der Waals surface area (Å²) in [7, 11) is 0. The summed E-state index contributed by atoms with van der Waals surface area (Å²) in [6, 6.07) is 49.0. The highest BCUT2D eigenvalue weighted by Gasteiger charge is 2.46. The lowest BCUT2D eigenvalue weighted by Crippen LogP contribution is -2.61. The highest BCUT2D eigenvalue weighted by Crippen LogP contribution is 2.38. The lowest BCUT2D eigenvalue weighted by Gasteiger charge is -2.33. The summed E-state index contributed by atoms with van der Waals surface area (Å²) in [4.78, 5) is 0. The maximum atomic E-state index is 4.78. The van der Waals surface area contributed by atoms with Gasteiger partial charge in [0.2, 0.25) is 0 Å². The lowest BCUT2D eigenvalue weighted by atomic mass is 9.77. The van der Waals surface area contributed by atoms with E-state index in [1.54, 1.807) is 4.63 Å². The molecule has 8 rings (SSSR count). The van der Waals surface area contributed by atoms with E-state index in [1.807, 2.05) is 6.20 Å². The number of rotatable bonds is 10. The van der Waals surface area contributed by atoms with Gasteiger partial charge in [-0.25, -0.2) is 0 Å². The zero-order valence-electron chi connectivity index (χ0n) is 27.6. The molecule has 0 spiro atoms. The quantitative estimate of drug-likeness (QED) is 0.126. The molecule has 0 aliphatic heterocycles. The van der Waals surface area contributed by atoms with Crippen molar-refractivity contribution >= 4 is 5.65 Å². The average Bonchev–Trinajstić information content (AvgIpc) is 3.91. The van der Waals surface area contributed by atoms with Crippen LogP contribution < -0.4 is 4.68 Å². The normalized spacial score (nSPS) is 11.7. The Labute approximate surface area is 285 Å². The van der Waals surface area contributed by atoms with Crippen LogP contribution in [0.5, 0.6) is 0 Å². The van der Waals surface area contributed by atoms with E-state index >= 15 is 0 Å². The van der Waals surface area contributed by atoms with Gasteiger partial charge in [-0.15, -0.1) is 14.4 Å². The third kappa shape index (κ3) is 5.13. The number of aryl methyl sites for hydroxylation is 2. The first-order chi connectivity index (χ1) is 24.2. The maximum absolute atomic E-state index is 4.78. The van der Waals surface area contributed by atoms with Crippen LogP contribution in [0.15, 0.2) is 146 Å². The van der Waals surface area contributed by atoms with Crippen molar-refractivity contribution in [3.63, 3.8) is 0 Å². The van der Waals surface area contributed by atoms with E-state index in [1.165, 1.54) is 11.1 Å². The van der Waals surface area contributed by atoms with E-state index in [2.05, 4.69) is 178 Å². The molecular weight excluding hydrogens is 605 g/mol. The van der Waals surface area contributed by atoms with Gasteiger partial charge in [-0.2, -0.15) is 5.10 Å². The first-order valence-electron chi connectivity index (χ1n) is 16.8. The zero-order chi connectivity index (χ0) is 33.2. The number of nitrogens with one attached hydrogen (secondary N) is 1. The predicted molar refractivity (Wildman–Crippen MR) is 191 cm³/mol. The number of aromatic nitrogens is 8. The number of tetrazole rings is 1. The smallest absolute Gasteiger partial charge is 0.307 e. The van der Waals surface area contributed by atoms with Crippen LogP contribution in [0.1, 0.15) is 47.5 Å². The molecule has 0 saturated heterocycles. The molecule has 5 aromatic carbocycles. The van der Waals surface area contributed by atoms with E-state index in [9.17, 15) is 0 Å². The van der Waals surface area contributed by atoms with Crippen molar-refractivity contribution in [2.75, 3.05) is 0 Å². The largest absolute Gasteiger partial charge is 0.334 e. The Morgan fingerprint density at radius 2 is 1.22 bits per heavy atom. The second-order valence-electron chi connectivity index (χ2n) is 12.2. The Kier molecular flexibility index (Phi) is 7.89. The average molecular weight is 642 g/mol. The second-order valence-corrected chi connectivity index (χ2v) is 12.2. The van der Waals surface area contributed by atoms with Crippen LogP contribution in [0.25, 0.3) is 28.2 Å². The molecule has 1 N–H and O–H groups in total. The SMILES string of the molecule is CCc1cnn2nc(CC)n(Cc3ccc(-c4ccccc4-c4nn[nH][n+]4C(c4ccccc4)(c4ccccc4)c4ccccc4)cc3)c12. The van der Waals surface area contributed by atoms with Crippen LogP contribution in [0, 0.1) is 0 Å². The molecule has 0 atom stereocenters. The van der Waals surface area contributed by atoms with Crippen LogP contribution in [0.4, 0.5) is 0 Å². The van der Waals surface area contributed by atoms with Gasteiger partial charge in [0, 0.05) is 28.7 Å². The molecule has 0 saturated carbocycles. The van der Waals surface area contributed by atoms with Crippen LogP contribution in [0.2, 0.25) is 0 Å². The fourth-order valence-corrected chi connectivity index (χ4v) is 7.12. The molecule has 3 aromatic heterocycles. The summed E-state index contributed by atoms with van der Waals surface area (Å²) >= 11 is 0. The fourth-order valence-electron chi connectivity index (χ4n) is 7.12. The molecule has 0 aliphatic carbocycles. The van der Waals surface area contributed by atoms with Gasteiger partial charge in [0.05, 0.1) is 18.3 Å². The summed E-state index contributed by atoms with van der Waals surface area (Å²) in [6.07, 6.45) is 3.68. The molecule has 8 aromatic rings. The first-order valence-corrected chi connectivity index (χ1v) is 16.8. The summed E-state index contributed by atoms with van der Waals surface area (Å²) in [5, 5.41) is 21.8. The molecule has 0 bridgehead atoms. The van der Waals surface area contributed by atoms with Crippen molar-refractivity contribution in [2.24, 2.45) is 0 Å². The van der Waals surface area contributed by atoms with E-state index in [0.717, 1.165) is 70.1 Å². The van der Waals surface area contributed by atoms with Crippen molar-refractivity contribution in [1.29, 1.82) is 0 Å². The van der Waals surface area contributed by atoms with Gasteiger partial charge in [-0.05, 0) is 29.2 Å². The number of hydrogen-bond donors (Lipinski definition) is 1. The monoisotopic (exact) mass is 641 g/mol. The van der Waals surface area contributed by atoms with E-state index < -0.39 is 5.54 Å². The van der Waals surface area contributed by atoms with Crippen LogP contribution in [-0.2, 0) is 24.9 Å². The molecule has 0 fully saturated rings. The molecule has 0 unspecified atom stereocenters. The first kappa shape index (κ1) is 30.2. The number of benzene rings is 5. The Bertz CT molecular complexity index is 2220.